The predicted molar refractivity (Wildman–Crippen MR) is 98.6 cm³/mol. The second-order valence-electron chi connectivity index (χ2n) is 5.75. The molecule has 0 aliphatic heterocycles. The van der Waals surface area contributed by atoms with Crippen molar-refractivity contribution in [2.45, 2.75) is 0 Å². The van der Waals surface area contributed by atoms with Gasteiger partial charge in [-0.05, 0) is 36.4 Å². The number of rotatable bonds is 3. The highest BCUT2D eigenvalue weighted by molar-refractivity contribution is 6.14. The molecule has 0 fully saturated rings. The molecule has 4 heteroatoms. The van der Waals surface area contributed by atoms with Gasteiger partial charge in [0.25, 0.3) is 5.91 Å². The number of benzene rings is 2. The summed E-state index contributed by atoms with van der Waals surface area (Å²) in [6, 6.07) is 22.7. The number of aromatic nitrogens is 1. The molecule has 25 heavy (non-hydrogen) atoms. The number of amides is 1. The average Bonchev–Trinajstić information content (AvgIpc) is 3.21. The van der Waals surface area contributed by atoms with Crippen LogP contribution in [0.2, 0.25) is 0 Å². The summed E-state index contributed by atoms with van der Waals surface area (Å²) in [6.45, 7) is 0. The van der Waals surface area contributed by atoms with Gasteiger partial charge in [0.2, 0.25) is 0 Å². The lowest BCUT2D eigenvalue weighted by atomic mass is 10.1. The van der Waals surface area contributed by atoms with E-state index in [-0.39, 0.29) is 5.91 Å². The Kier molecular flexibility index (Phi) is 3.78. The minimum Gasteiger partial charge on any atom is -0.463 e. The van der Waals surface area contributed by atoms with Crippen LogP contribution in [0.15, 0.2) is 83.5 Å². The number of fused-ring (bicyclic) bond motifs is 1. The quantitative estimate of drug-likeness (QED) is 0.544. The lowest BCUT2D eigenvalue weighted by molar-refractivity contribution is 0.0994. The largest absolute Gasteiger partial charge is 0.463 e. The molecule has 4 nitrogen and oxygen atoms in total. The molecule has 0 atom stereocenters. The minimum atomic E-state index is -0.0855. The van der Waals surface area contributed by atoms with Gasteiger partial charge in [0.1, 0.15) is 5.69 Å². The summed E-state index contributed by atoms with van der Waals surface area (Å²) in [4.78, 5) is 19.4. The highest BCUT2D eigenvalue weighted by atomic mass is 16.3. The molecule has 2 aromatic heterocycles. The fourth-order valence-electron chi connectivity index (χ4n) is 2.85. The summed E-state index contributed by atoms with van der Waals surface area (Å²) in [5.41, 5.74) is 2.85. The Morgan fingerprint density at radius 2 is 1.72 bits per heavy atom. The van der Waals surface area contributed by atoms with E-state index >= 15 is 0 Å². The van der Waals surface area contributed by atoms with Crippen LogP contribution in [0.3, 0.4) is 0 Å². The van der Waals surface area contributed by atoms with Crippen LogP contribution in [0.4, 0.5) is 5.69 Å². The molecule has 4 aromatic rings. The van der Waals surface area contributed by atoms with Gasteiger partial charge in [0.05, 0.1) is 17.3 Å². The van der Waals surface area contributed by atoms with Crippen molar-refractivity contribution in [1.29, 1.82) is 0 Å². The van der Waals surface area contributed by atoms with E-state index in [2.05, 4.69) is 4.98 Å². The number of pyridine rings is 1. The maximum Gasteiger partial charge on any atom is 0.258 e. The van der Waals surface area contributed by atoms with Gasteiger partial charge in [-0.25, -0.2) is 4.98 Å². The van der Waals surface area contributed by atoms with Gasteiger partial charge in [-0.3, -0.25) is 4.79 Å². The van der Waals surface area contributed by atoms with Crippen LogP contribution < -0.4 is 4.90 Å². The van der Waals surface area contributed by atoms with Crippen molar-refractivity contribution in [2.24, 2.45) is 0 Å². The molecule has 0 spiro atoms. The van der Waals surface area contributed by atoms with E-state index in [1.165, 1.54) is 0 Å². The third-order valence-electron chi connectivity index (χ3n) is 4.17. The molecule has 122 valence electrons. The number of nitrogens with zero attached hydrogens (tertiary/aromatic N) is 2. The first kappa shape index (κ1) is 15.1. The van der Waals surface area contributed by atoms with Crippen molar-refractivity contribution in [2.75, 3.05) is 11.9 Å². The molecule has 0 unspecified atom stereocenters. The molecule has 0 N–H and O–H groups in total. The second-order valence-corrected chi connectivity index (χ2v) is 5.75. The summed E-state index contributed by atoms with van der Waals surface area (Å²) in [5, 5.41) is 0.825. The van der Waals surface area contributed by atoms with E-state index in [1.807, 2.05) is 66.7 Å². The number of furan rings is 1. The summed E-state index contributed by atoms with van der Waals surface area (Å²) in [6.07, 6.45) is 1.60. The highest BCUT2D eigenvalue weighted by Crippen LogP contribution is 2.27. The molecular weight excluding hydrogens is 312 g/mol. The number of hydrogen-bond acceptors (Lipinski definition) is 3. The van der Waals surface area contributed by atoms with Crippen molar-refractivity contribution in [3.63, 3.8) is 0 Å². The first-order valence-electron chi connectivity index (χ1n) is 8.01. The van der Waals surface area contributed by atoms with Crippen molar-refractivity contribution < 1.29 is 9.21 Å². The number of carbonyl (C=O) groups is 1. The van der Waals surface area contributed by atoms with Crippen molar-refractivity contribution in [3.05, 3.63) is 84.6 Å². The molecule has 2 aromatic carbocycles. The van der Waals surface area contributed by atoms with Crippen molar-refractivity contribution in [3.8, 4) is 11.5 Å². The predicted octanol–water partition coefficient (Wildman–Crippen LogP) is 4.77. The summed E-state index contributed by atoms with van der Waals surface area (Å²) in [5.74, 6) is 0.555. The van der Waals surface area contributed by atoms with Crippen molar-refractivity contribution >= 4 is 22.5 Å². The zero-order chi connectivity index (χ0) is 17.2. The first-order valence-corrected chi connectivity index (χ1v) is 8.01. The standard InChI is InChI=1S/C21H16N2O2/c1-23(15-8-3-2-4-9-15)21(24)17-14-19(20-12-7-13-25-20)22-18-11-6-5-10-16(17)18/h2-14H,1H3. The number of hydrogen-bond donors (Lipinski definition) is 0. The molecule has 1 amide bonds. The van der Waals surface area contributed by atoms with Crippen LogP contribution in [0.1, 0.15) is 10.4 Å². The monoisotopic (exact) mass is 328 g/mol. The molecule has 2 heterocycles. The van der Waals surface area contributed by atoms with E-state index in [1.54, 1.807) is 24.3 Å². The van der Waals surface area contributed by atoms with Crippen molar-refractivity contribution in [1.82, 2.24) is 4.98 Å². The van der Waals surface area contributed by atoms with Crippen LogP contribution >= 0.6 is 0 Å². The number of carbonyl (C=O) groups excluding carboxylic acids is 1. The van der Waals surface area contributed by atoms with Gasteiger partial charge in [0, 0.05) is 18.1 Å². The molecule has 4 rings (SSSR count). The van der Waals surface area contributed by atoms with Crippen LogP contribution in [-0.4, -0.2) is 17.9 Å². The normalized spacial score (nSPS) is 10.8. The third-order valence-corrected chi connectivity index (χ3v) is 4.17. The fourth-order valence-corrected chi connectivity index (χ4v) is 2.85. The molecule has 0 saturated carbocycles. The van der Waals surface area contributed by atoms with E-state index in [4.69, 9.17) is 4.42 Å². The van der Waals surface area contributed by atoms with Gasteiger partial charge in [0.15, 0.2) is 5.76 Å². The molecule has 0 aliphatic rings. The number of anilines is 1. The minimum absolute atomic E-state index is 0.0855. The summed E-state index contributed by atoms with van der Waals surface area (Å²) >= 11 is 0. The van der Waals surface area contributed by atoms with Gasteiger partial charge in [-0.15, -0.1) is 0 Å². The SMILES string of the molecule is CN(C(=O)c1cc(-c2ccco2)nc2ccccc12)c1ccccc1. The maximum atomic E-state index is 13.1. The Balaban J connectivity index is 1.86. The van der Waals surface area contributed by atoms with E-state index in [0.29, 0.717) is 17.0 Å². The molecule has 0 bridgehead atoms. The lowest BCUT2D eigenvalue weighted by Gasteiger charge is -2.18. The second kappa shape index (κ2) is 6.24. The van der Waals surface area contributed by atoms with Crippen LogP contribution in [-0.2, 0) is 0 Å². The van der Waals surface area contributed by atoms with Gasteiger partial charge >= 0.3 is 0 Å². The third kappa shape index (κ3) is 2.78. The Morgan fingerprint density at radius 3 is 2.48 bits per heavy atom. The van der Waals surface area contributed by atoms with E-state index in [0.717, 1.165) is 16.6 Å². The van der Waals surface area contributed by atoms with Crippen LogP contribution in [0.5, 0.6) is 0 Å². The Hall–Kier alpha value is -3.40. The van der Waals surface area contributed by atoms with Gasteiger partial charge in [-0.1, -0.05) is 36.4 Å². The van der Waals surface area contributed by atoms with Crippen LogP contribution in [0.25, 0.3) is 22.4 Å². The topological polar surface area (TPSA) is 46.3 Å². The Bertz CT molecular complexity index is 1020. The molecule has 0 aliphatic carbocycles. The zero-order valence-electron chi connectivity index (χ0n) is 13.7. The summed E-state index contributed by atoms with van der Waals surface area (Å²) in [7, 11) is 1.78. The van der Waals surface area contributed by atoms with Crippen LogP contribution in [0, 0.1) is 0 Å². The average molecular weight is 328 g/mol. The van der Waals surface area contributed by atoms with Gasteiger partial charge < -0.3 is 9.32 Å². The maximum absolute atomic E-state index is 13.1. The summed E-state index contributed by atoms with van der Waals surface area (Å²) < 4.78 is 5.46. The Labute approximate surface area is 145 Å². The van der Waals surface area contributed by atoms with Gasteiger partial charge in [-0.2, -0.15) is 0 Å². The Morgan fingerprint density at radius 1 is 0.960 bits per heavy atom. The lowest BCUT2D eigenvalue weighted by Crippen LogP contribution is -2.26. The zero-order valence-corrected chi connectivity index (χ0v) is 13.7. The molecular formula is C21H16N2O2. The smallest absolute Gasteiger partial charge is 0.258 e. The fraction of sp³-hybridized carbons (Fsp3) is 0.0476. The highest BCUT2D eigenvalue weighted by Gasteiger charge is 2.19. The number of para-hydroxylation sites is 2. The first-order chi connectivity index (χ1) is 12.2. The molecule has 0 radical (unpaired) electrons. The van der Waals surface area contributed by atoms with E-state index in [9.17, 15) is 4.79 Å². The van der Waals surface area contributed by atoms with E-state index < -0.39 is 0 Å². The molecule has 0 saturated heterocycles.